The van der Waals surface area contributed by atoms with Crippen LogP contribution in [0.25, 0.3) is 11.3 Å². The van der Waals surface area contributed by atoms with Crippen molar-refractivity contribution < 1.29 is 18.8 Å². The smallest absolute Gasteiger partial charge is 0.306 e. The fraction of sp³-hybridized carbons (Fsp3) is 0.542. The zero-order chi connectivity index (χ0) is 21.9. The van der Waals surface area contributed by atoms with E-state index >= 15 is 0 Å². The van der Waals surface area contributed by atoms with Crippen LogP contribution in [0.15, 0.2) is 34.9 Å². The van der Waals surface area contributed by atoms with E-state index in [2.05, 4.69) is 43.4 Å². The maximum absolute atomic E-state index is 12.5. The summed E-state index contributed by atoms with van der Waals surface area (Å²) in [6, 6.07) is 10.2. The number of carbonyl (C=O) groups excluding carboxylic acids is 2. The van der Waals surface area contributed by atoms with Crippen LogP contribution in [-0.4, -0.2) is 30.7 Å². The van der Waals surface area contributed by atoms with Gasteiger partial charge >= 0.3 is 5.97 Å². The second-order valence-electron chi connectivity index (χ2n) is 8.05. The minimum atomic E-state index is -0.339. The third kappa shape index (κ3) is 7.65. The maximum atomic E-state index is 12.5. The molecule has 0 spiro atoms. The summed E-state index contributed by atoms with van der Waals surface area (Å²) in [5.41, 5.74) is 3.09. The fourth-order valence-corrected chi connectivity index (χ4v) is 3.36. The molecule has 2 rings (SSSR count). The summed E-state index contributed by atoms with van der Waals surface area (Å²) < 4.78 is 10.2. The van der Waals surface area contributed by atoms with Crippen molar-refractivity contribution in [2.45, 2.75) is 59.3 Å². The van der Waals surface area contributed by atoms with Gasteiger partial charge in [-0.15, -0.1) is 0 Å². The van der Waals surface area contributed by atoms with Crippen molar-refractivity contribution in [2.75, 3.05) is 13.7 Å². The van der Waals surface area contributed by atoms with Gasteiger partial charge in [0, 0.05) is 30.5 Å². The highest BCUT2D eigenvalue weighted by atomic mass is 16.5. The first-order chi connectivity index (χ1) is 14.4. The van der Waals surface area contributed by atoms with E-state index in [9.17, 15) is 9.59 Å². The van der Waals surface area contributed by atoms with E-state index in [1.165, 1.54) is 12.7 Å². The lowest BCUT2D eigenvalue weighted by Crippen LogP contribution is -2.33. The van der Waals surface area contributed by atoms with Gasteiger partial charge in [0.15, 0.2) is 0 Å². The van der Waals surface area contributed by atoms with Gasteiger partial charge in [-0.2, -0.15) is 0 Å². The molecule has 0 aliphatic carbocycles. The third-order valence-electron chi connectivity index (χ3n) is 5.31. The van der Waals surface area contributed by atoms with Gasteiger partial charge in [0.05, 0.1) is 13.5 Å². The first-order valence-corrected chi connectivity index (χ1v) is 10.8. The Hall–Kier alpha value is -2.63. The molecule has 1 aromatic carbocycles. The first kappa shape index (κ1) is 23.6. The Kier molecular flexibility index (Phi) is 9.58. The predicted molar refractivity (Wildman–Crippen MR) is 117 cm³/mol. The van der Waals surface area contributed by atoms with Crippen molar-refractivity contribution in [3.05, 3.63) is 41.7 Å². The maximum Gasteiger partial charge on any atom is 0.306 e. The highest BCUT2D eigenvalue weighted by Gasteiger charge is 2.22. The van der Waals surface area contributed by atoms with Crippen LogP contribution in [-0.2, 0) is 20.7 Å². The molecule has 0 saturated carbocycles. The van der Waals surface area contributed by atoms with Crippen LogP contribution in [0.5, 0.6) is 0 Å². The monoisotopic (exact) mass is 414 g/mol. The zero-order valence-corrected chi connectivity index (χ0v) is 18.6. The Morgan fingerprint density at radius 3 is 2.60 bits per heavy atom. The normalized spacial score (nSPS) is 12.9. The molecule has 6 heteroatoms. The number of hydrogen-bond donors (Lipinski definition) is 1. The van der Waals surface area contributed by atoms with Gasteiger partial charge in [-0.05, 0) is 25.7 Å². The molecule has 0 radical (unpaired) electrons. The van der Waals surface area contributed by atoms with Crippen molar-refractivity contribution >= 4 is 11.9 Å². The Labute approximate surface area is 179 Å². The Morgan fingerprint density at radius 1 is 1.20 bits per heavy atom. The number of unbranched alkanes of at least 4 members (excludes halogenated alkanes) is 1. The number of carbonyl (C=O) groups is 2. The number of aryl methyl sites for hydroxylation is 1. The molecule has 1 aromatic heterocycles. The predicted octanol–water partition coefficient (Wildman–Crippen LogP) is 4.70. The molecule has 164 valence electrons. The van der Waals surface area contributed by atoms with E-state index in [-0.39, 0.29) is 24.2 Å². The number of methoxy groups -OCH3 is 1. The number of hydrogen-bond acceptors (Lipinski definition) is 5. The lowest BCUT2D eigenvalue weighted by Gasteiger charge is -2.16. The number of nitrogens with zero attached hydrogens (tertiary/aromatic N) is 1. The average Bonchev–Trinajstić information content (AvgIpc) is 3.19. The SMILES string of the molecule is CCCC[C@H](CC(=O)OC)C(=O)NCC[C@@H](C)Cc1cc(-c2ccc(C)cc2)no1. The molecule has 2 atom stereocenters. The standard InChI is InChI=1S/C24H34N2O4/c1-5-6-7-20(15-23(27)29-4)24(28)25-13-12-18(3)14-21-16-22(26-30-21)19-10-8-17(2)9-11-19/h8-11,16,18,20H,5-7,12-15H2,1-4H3,(H,25,28)/t18-,20-/m1/s1. The summed E-state index contributed by atoms with van der Waals surface area (Å²) in [4.78, 5) is 24.1. The number of benzene rings is 1. The molecule has 6 nitrogen and oxygen atoms in total. The summed E-state index contributed by atoms with van der Waals surface area (Å²) >= 11 is 0. The van der Waals surface area contributed by atoms with Gasteiger partial charge < -0.3 is 14.6 Å². The minimum absolute atomic E-state index is 0.0672. The zero-order valence-electron chi connectivity index (χ0n) is 18.6. The summed E-state index contributed by atoms with van der Waals surface area (Å²) in [6.45, 7) is 6.83. The van der Waals surface area contributed by atoms with Crippen LogP contribution >= 0.6 is 0 Å². The molecule has 0 aliphatic rings. The number of esters is 1. The second kappa shape index (κ2) is 12.2. The molecular weight excluding hydrogens is 380 g/mol. The van der Waals surface area contributed by atoms with Gasteiger partial charge in [0.1, 0.15) is 11.5 Å². The van der Waals surface area contributed by atoms with E-state index in [0.29, 0.717) is 18.9 Å². The van der Waals surface area contributed by atoms with E-state index in [4.69, 9.17) is 9.26 Å². The topological polar surface area (TPSA) is 81.4 Å². The Balaban J connectivity index is 1.79. The van der Waals surface area contributed by atoms with Gasteiger partial charge in [-0.3, -0.25) is 9.59 Å². The molecule has 0 unspecified atom stereocenters. The van der Waals surface area contributed by atoms with Crippen molar-refractivity contribution in [1.82, 2.24) is 10.5 Å². The Bertz CT molecular complexity index is 798. The van der Waals surface area contributed by atoms with Crippen LogP contribution in [0.1, 0.15) is 57.3 Å². The van der Waals surface area contributed by atoms with Crippen LogP contribution < -0.4 is 5.32 Å². The van der Waals surface area contributed by atoms with E-state index in [0.717, 1.165) is 42.7 Å². The molecule has 0 fully saturated rings. The minimum Gasteiger partial charge on any atom is -0.469 e. The quantitative estimate of drug-likeness (QED) is 0.509. The van der Waals surface area contributed by atoms with Crippen molar-refractivity contribution in [2.24, 2.45) is 11.8 Å². The number of aromatic nitrogens is 1. The summed E-state index contributed by atoms with van der Waals surface area (Å²) in [5, 5.41) is 7.16. The van der Waals surface area contributed by atoms with Crippen LogP contribution in [0.3, 0.4) is 0 Å². The van der Waals surface area contributed by atoms with Gasteiger partial charge in [-0.1, -0.05) is 61.7 Å². The molecule has 30 heavy (non-hydrogen) atoms. The van der Waals surface area contributed by atoms with Crippen LogP contribution in [0, 0.1) is 18.8 Å². The lowest BCUT2D eigenvalue weighted by atomic mass is 9.97. The number of rotatable bonds is 12. The number of ether oxygens (including phenoxy) is 1. The van der Waals surface area contributed by atoms with Crippen LogP contribution in [0.4, 0.5) is 0 Å². The fourth-order valence-electron chi connectivity index (χ4n) is 3.36. The van der Waals surface area contributed by atoms with Gasteiger partial charge in [0.2, 0.25) is 5.91 Å². The average molecular weight is 415 g/mol. The van der Waals surface area contributed by atoms with E-state index in [1.54, 1.807) is 0 Å². The molecular formula is C24H34N2O4. The molecule has 0 saturated heterocycles. The number of nitrogens with one attached hydrogen (secondary N) is 1. The van der Waals surface area contributed by atoms with Crippen molar-refractivity contribution in [1.29, 1.82) is 0 Å². The summed E-state index contributed by atoms with van der Waals surface area (Å²) in [7, 11) is 1.35. The molecule has 1 heterocycles. The van der Waals surface area contributed by atoms with Crippen molar-refractivity contribution in [3.8, 4) is 11.3 Å². The molecule has 2 aromatic rings. The first-order valence-electron chi connectivity index (χ1n) is 10.8. The largest absolute Gasteiger partial charge is 0.469 e. The highest BCUT2D eigenvalue weighted by molar-refractivity contribution is 5.83. The second-order valence-corrected chi connectivity index (χ2v) is 8.05. The third-order valence-corrected chi connectivity index (χ3v) is 5.31. The molecule has 1 amide bonds. The molecule has 0 aliphatic heterocycles. The summed E-state index contributed by atoms with van der Waals surface area (Å²) in [6.07, 6.45) is 4.33. The van der Waals surface area contributed by atoms with E-state index < -0.39 is 0 Å². The van der Waals surface area contributed by atoms with E-state index in [1.807, 2.05) is 18.2 Å². The molecule has 1 N–H and O–H groups in total. The lowest BCUT2D eigenvalue weighted by molar-refractivity contribution is -0.144. The van der Waals surface area contributed by atoms with Crippen molar-refractivity contribution in [3.63, 3.8) is 0 Å². The highest BCUT2D eigenvalue weighted by Crippen LogP contribution is 2.22. The molecule has 0 bridgehead atoms. The number of amides is 1. The Morgan fingerprint density at radius 2 is 1.93 bits per heavy atom. The van der Waals surface area contributed by atoms with Crippen LogP contribution in [0.2, 0.25) is 0 Å². The summed E-state index contributed by atoms with van der Waals surface area (Å²) in [5.74, 6) is 0.450. The van der Waals surface area contributed by atoms with Gasteiger partial charge in [-0.25, -0.2) is 0 Å². The van der Waals surface area contributed by atoms with Gasteiger partial charge in [0.25, 0.3) is 0 Å².